The van der Waals surface area contributed by atoms with Crippen molar-refractivity contribution in [2.45, 2.75) is 18.7 Å². The number of nitro groups is 1. The Morgan fingerprint density at radius 1 is 1.09 bits per heavy atom. The van der Waals surface area contributed by atoms with Crippen LogP contribution in [0.25, 0.3) is 0 Å². The normalized spacial score (nSPS) is 11.6. The molecule has 3 aromatic rings. The fraction of sp³-hybridized carbons (Fsp3) is 0.167. The third kappa shape index (κ3) is 6.21. The molecule has 3 aromatic carbocycles. The van der Waals surface area contributed by atoms with Crippen LogP contribution in [0.5, 0.6) is 5.75 Å². The van der Waals surface area contributed by atoms with Crippen molar-refractivity contribution in [3.8, 4) is 5.75 Å². The van der Waals surface area contributed by atoms with E-state index < -0.39 is 27.4 Å². The number of amides is 1. The molecule has 11 heteroatoms. The van der Waals surface area contributed by atoms with Gasteiger partial charge in [-0.1, -0.05) is 23.8 Å². The molecule has 0 aliphatic heterocycles. The lowest BCUT2D eigenvalue weighted by molar-refractivity contribution is -0.384. The number of nitro benzene ring substituents is 1. The zero-order chi connectivity index (χ0) is 25.6. The van der Waals surface area contributed by atoms with Gasteiger partial charge in [0.1, 0.15) is 12.3 Å². The molecule has 0 aromatic heterocycles. The first-order valence-corrected chi connectivity index (χ1v) is 11.9. The highest BCUT2D eigenvalue weighted by Gasteiger charge is 2.27. The molecule has 0 spiro atoms. The van der Waals surface area contributed by atoms with Crippen molar-refractivity contribution in [2.75, 3.05) is 18.0 Å². The van der Waals surface area contributed by atoms with Crippen molar-refractivity contribution in [1.29, 1.82) is 0 Å². The number of methoxy groups -OCH3 is 1. The van der Waals surface area contributed by atoms with Gasteiger partial charge in [-0.3, -0.25) is 19.2 Å². The zero-order valence-electron chi connectivity index (χ0n) is 19.3. The van der Waals surface area contributed by atoms with E-state index in [0.717, 1.165) is 9.87 Å². The van der Waals surface area contributed by atoms with Crippen LogP contribution in [0, 0.1) is 17.0 Å². The number of nitrogens with zero attached hydrogens (tertiary/aromatic N) is 3. The van der Waals surface area contributed by atoms with E-state index in [4.69, 9.17) is 4.74 Å². The van der Waals surface area contributed by atoms with Crippen molar-refractivity contribution in [1.82, 2.24) is 5.43 Å². The van der Waals surface area contributed by atoms with Gasteiger partial charge in [-0.25, -0.2) is 13.8 Å². The van der Waals surface area contributed by atoms with Crippen LogP contribution in [0.2, 0.25) is 0 Å². The van der Waals surface area contributed by atoms with Gasteiger partial charge in [0.2, 0.25) is 0 Å². The predicted molar refractivity (Wildman–Crippen MR) is 132 cm³/mol. The second kappa shape index (κ2) is 10.8. The van der Waals surface area contributed by atoms with Gasteiger partial charge in [0, 0.05) is 18.2 Å². The first-order chi connectivity index (χ1) is 16.6. The summed E-state index contributed by atoms with van der Waals surface area (Å²) in [4.78, 5) is 23.1. The van der Waals surface area contributed by atoms with Gasteiger partial charge >= 0.3 is 0 Å². The molecule has 0 bridgehead atoms. The number of carbonyl (C=O) groups excluding carboxylic acids is 1. The summed E-state index contributed by atoms with van der Waals surface area (Å²) in [5.41, 5.74) is 4.38. The molecule has 35 heavy (non-hydrogen) atoms. The van der Waals surface area contributed by atoms with Crippen molar-refractivity contribution < 1.29 is 22.9 Å². The first kappa shape index (κ1) is 25.4. The topological polar surface area (TPSA) is 131 Å². The van der Waals surface area contributed by atoms with Gasteiger partial charge in [0.05, 0.1) is 28.3 Å². The molecule has 0 aliphatic rings. The summed E-state index contributed by atoms with van der Waals surface area (Å²) in [7, 11) is -2.63. The number of hydrogen-bond acceptors (Lipinski definition) is 7. The lowest BCUT2D eigenvalue weighted by Crippen LogP contribution is -2.39. The Kier molecular flexibility index (Phi) is 7.82. The molecule has 0 radical (unpaired) electrons. The summed E-state index contributed by atoms with van der Waals surface area (Å²) in [6.07, 6.45) is 0. The molecule has 0 fully saturated rings. The molecule has 0 saturated heterocycles. The summed E-state index contributed by atoms with van der Waals surface area (Å²) in [5, 5.41) is 14.8. The lowest BCUT2D eigenvalue weighted by atomic mass is 10.1. The Morgan fingerprint density at radius 3 is 2.34 bits per heavy atom. The number of non-ortho nitro benzene ring substituents is 1. The highest BCUT2D eigenvalue weighted by molar-refractivity contribution is 7.92. The van der Waals surface area contributed by atoms with Crippen molar-refractivity contribution in [3.63, 3.8) is 0 Å². The number of rotatable bonds is 9. The Labute approximate surface area is 203 Å². The number of aryl methyl sites for hydroxylation is 1. The second-order valence-corrected chi connectivity index (χ2v) is 9.42. The van der Waals surface area contributed by atoms with Crippen molar-refractivity contribution in [2.24, 2.45) is 5.10 Å². The van der Waals surface area contributed by atoms with Crippen LogP contribution < -0.4 is 14.5 Å². The Hall–Kier alpha value is -4.25. The minimum atomic E-state index is -4.09. The molecule has 0 unspecified atom stereocenters. The van der Waals surface area contributed by atoms with Crippen LogP contribution in [0.1, 0.15) is 18.1 Å². The molecule has 182 valence electrons. The summed E-state index contributed by atoms with van der Waals surface area (Å²) in [6.45, 7) is 2.92. The summed E-state index contributed by atoms with van der Waals surface area (Å²) in [5.74, 6) is -0.246. The molecule has 10 nitrogen and oxygen atoms in total. The molecule has 0 aliphatic carbocycles. The summed E-state index contributed by atoms with van der Waals surface area (Å²) in [6, 6.07) is 18.4. The van der Waals surface area contributed by atoms with E-state index in [1.54, 1.807) is 37.3 Å². The third-order valence-corrected chi connectivity index (χ3v) is 6.87. The standard InChI is InChI=1S/C24H24N4O6S/c1-17-7-13-23(14-8-17)35(32,33)27(21-5-4-6-22(15-21)34-3)16-24(29)26-25-18(2)19-9-11-20(12-10-19)28(30)31/h4-15H,16H2,1-3H3,(H,26,29)/b25-18-. The van der Waals surface area contributed by atoms with Crippen LogP contribution in [0.4, 0.5) is 11.4 Å². The van der Waals surface area contributed by atoms with E-state index in [-0.39, 0.29) is 16.3 Å². The molecular formula is C24H24N4O6S. The number of benzene rings is 3. The minimum absolute atomic E-state index is 0.0317. The van der Waals surface area contributed by atoms with Gasteiger partial charge in [0.15, 0.2) is 0 Å². The van der Waals surface area contributed by atoms with Gasteiger partial charge in [-0.15, -0.1) is 0 Å². The zero-order valence-corrected chi connectivity index (χ0v) is 20.2. The van der Waals surface area contributed by atoms with Crippen LogP contribution in [0.3, 0.4) is 0 Å². The van der Waals surface area contributed by atoms with E-state index in [9.17, 15) is 23.3 Å². The lowest BCUT2D eigenvalue weighted by Gasteiger charge is -2.24. The van der Waals surface area contributed by atoms with Crippen LogP contribution >= 0.6 is 0 Å². The molecule has 1 N–H and O–H groups in total. The predicted octanol–water partition coefficient (Wildman–Crippen LogP) is 3.65. The maximum absolute atomic E-state index is 13.4. The Morgan fingerprint density at radius 2 is 1.74 bits per heavy atom. The average Bonchev–Trinajstić information content (AvgIpc) is 2.86. The number of anilines is 1. The SMILES string of the molecule is COc1cccc(N(CC(=O)N/N=C(/C)c2ccc([N+](=O)[O-])cc2)S(=O)(=O)c2ccc(C)cc2)c1. The average molecular weight is 497 g/mol. The monoisotopic (exact) mass is 496 g/mol. The molecule has 0 atom stereocenters. The number of hydrazone groups is 1. The Bertz CT molecular complexity index is 1350. The molecule has 0 heterocycles. The molecule has 0 saturated carbocycles. The number of hydrogen-bond donors (Lipinski definition) is 1. The number of carbonyl (C=O) groups is 1. The maximum Gasteiger partial charge on any atom is 0.269 e. The highest BCUT2D eigenvalue weighted by atomic mass is 32.2. The van der Waals surface area contributed by atoms with Gasteiger partial charge in [-0.2, -0.15) is 5.10 Å². The van der Waals surface area contributed by atoms with E-state index in [1.165, 1.54) is 49.6 Å². The fourth-order valence-corrected chi connectivity index (χ4v) is 4.53. The smallest absolute Gasteiger partial charge is 0.269 e. The van der Waals surface area contributed by atoms with Gasteiger partial charge in [-0.05, 0) is 55.8 Å². The largest absolute Gasteiger partial charge is 0.497 e. The number of nitrogens with one attached hydrogen (secondary N) is 1. The van der Waals surface area contributed by atoms with E-state index in [1.807, 2.05) is 6.92 Å². The second-order valence-electron chi connectivity index (χ2n) is 7.56. The van der Waals surface area contributed by atoms with Crippen LogP contribution in [0.15, 0.2) is 82.8 Å². The van der Waals surface area contributed by atoms with E-state index >= 15 is 0 Å². The number of sulfonamides is 1. The van der Waals surface area contributed by atoms with Crippen molar-refractivity contribution in [3.05, 3.63) is 94.0 Å². The highest BCUT2D eigenvalue weighted by Crippen LogP contribution is 2.27. The Balaban J connectivity index is 1.86. The minimum Gasteiger partial charge on any atom is -0.497 e. The van der Waals surface area contributed by atoms with Crippen LogP contribution in [-0.4, -0.2) is 38.6 Å². The first-order valence-electron chi connectivity index (χ1n) is 10.4. The fourth-order valence-electron chi connectivity index (χ4n) is 3.12. The van der Waals surface area contributed by atoms with Gasteiger partial charge < -0.3 is 4.74 Å². The molecule has 3 rings (SSSR count). The van der Waals surface area contributed by atoms with E-state index in [2.05, 4.69) is 10.5 Å². The number of ether oxygens (including phenoxy) is 1. The summed E-state index contributed by atoms with van der Waals surface area (Å²) >= 11 is 0. The molecular weight excluding hydrogens is 472 g/mol. The maximum atomic E-state index is 13.4. The molecule has 1 amide bonds. The van der Waals surface area contributed by atoms with Crippen LogP contribution in [-0.2, 0) is 14.8 Å². The third-order valence-electron chi connectivity index (χ3n) is 5.08. The summed E-state index contributed by atoms with van der Waals surface area (Å²) < 4.78 is 33.1. The van der Waals surface area contributed by atoms with Gasteiger partial charge in [0.25, 0.3) is 21.6 Å². The van der Waals surface area contributed by atoms with Crippen molar-refractivity contribution >= 4 is 33.0 Å². The quantitative estimate of drug-likeness (QED) is 0.273. The van der Waals surface area contributed by atoms with E-state index in [0.29, 0.717) is 17.0 Å².